The van der Waals surface area contributed by atoms with Gasteiger partial charge in [-0.15, -0.1) is 11.3 Å². The van der Waals surface area contributed by atoms with Crippen LogP contribution in [0, 0.1) is 30.1 Å². The summed E-state index contributed by atoms with van der Waals surface area (Å²) in [5, 5.41) is 19.0. The summed E-state index contributed by atoms with van der Waals surface area (Å²) >= 11 is 1.39. The normalized spacial score (nSPS) is 39.0. The van der Waals surface area contributed by atoms with Gasteiger partial charge in [-0.3, -0.25) is 0 Å². The standard InChI is InChI=1S/C15H14N4O2S/c1-5-8(4-16)14(22-13(5)15(20)21-2)19-11-6-3-7(12(11)19)10-9(6)17-18-10/h6-7,9-12H,3H2,1-2H3/t6-,7+,9+,10-,11+,12-,19?. The van der Waals surface area contributed by atoms with E-state index in [9.17, 15) is 10.1 Å². The molecule has 7 heteroatoms. The molecule has 1 saturated heterocycles. The molecule has 3 heterocycles. The fourth-order valence-electron chi connectivity index (χ4n) is 4.73. The van der Waals surface area contributed by atoms with Crippen LogP contribution in [0.1, 0.15) is 27.2 Å². The van der Waals surface area contributed by atoms with Crippen LogP contribution in [0.2, 0.25) is 0 Å². The number of hydrogen-bond acceptors (Lipinski definition) is 7. The molecule has 22 heavy (non-hydrogen) atoms. The Morgan fingerprint density at radius 2 is 2.00 bits per heavy atom. The quantitative estimate of drug-likeness (QED) is 0.619. The van der Waals surface area contributed by atoms with Gasteiger partial charge in [0.2, 0.25) is 0 Å². The first-order chi connectivity index (χ1) is 10.7. The van der Waals surface area contributed by atoms with Gasteiger partial charge in [-0.1, -0.05) is 0 Å². The number of ether oxygens (including phenoxy) is 1. The van der Waals surface area contributed by atoms with Crippen molar-refractivity contribution in [3.05, 3.63) is 16.0 Å². The summed E-state index contributed by atoms with van der Waals surface area (Å²) in [5.74, 6) is 0.798. The Balaban J connectivity index is 1.54. The first-order valence-electron chi connectivity index (χ1n) is 7.47. The maximum atomic E-state index is 11.9. The Morgan fingerprint density at radius 3 is 2.50 bits per heavy atom. The zero-order valence-corrected chi connectivity index (χ0v) is 13.0. The van der Waals surface area contributed by atoms with Gasteiger partial charge in [0.1, 0.15) is 28.0 Å². The summed E-state index contributed by atoms with van der Waals surface area (Å²) < 4.78 is 4.84. The van der Waals surface area contributed by atoms with Gasteiger partial charge >= 0.3 is 5.97 Å². The molecule has 2 bridgehead atoms. The number of esters is 1. The lowest BCUT2D eigenvalue weighted by atomic mass is 9.90. The van der Waals surface area contributed by atoms with Gasteiger partial charge in [0.15, 0.2) is 0 Å². The van der Waals surface area contributed by atoms with Crippen molar-refractivity contribution in [2.75, 3.05) is 12.0 Å². The number of azo groups is 1. The largest absolute Gasteiger partial charge is 0.465 e. The lowest BCUT2D eigenvalue weighted by molar-refractivity contribution is 0.0605. The van der Waals surface area contributed by atoms with Crippen LogP contribution in [0.5, 0.6) is 0 Å². The predicted octanol–water partition coefficient (Wildman–Crippen LogP) is 2.12. The van der Waals surface area contributed by atoms with Gasteiger partial charge in [-0.25, -0.2) is 4.79 Å². The summed E-state index contributed by atoms with van der Waals surface area (Å²) in [6, 6.07) is 4.06. The third-order valence-electron chi connectivity index (χ3n) is 5.73. The summed E-state index contributed by atoms with van der Waals surface area (Å²) in [4.78, 5) is 14.8. The zero-order valence-electron chi connectivity index (χ0n) is 12.2. The van der Waals surface area contributed by atoms with Crippen molar-refractivity contribution in [3.63, 3.8) is 0 Å². The summed E-state index contributed by atoms with van der Waals surface area (Å²) in [6.07, 6.45) is 1.21. The van der Waals surface area contributed by atoms with E-state index in [1.165, 1.54) is 24.9 Å². The van der Waals surface area contributed by atoms with E-state index in [4.69, 9.17) is 4.74 Å². The molecule has 5 rings (SSSR count). The molecule has 2 aliphatic heterocycles. The molecule has 6 nitrogen and oxygen atoms in total. The topological polar surface area (TPSA) is 77.8 Å². The highest BCUT2D eigenvalue weighted by Crippen LogP contribution is 2.64. The van der Waals surface area contributed by atoms with Gasteiger partial charge in [-0.2, -0.15) is 15.5 Å². The number of hydrogen-bond donors (Lipinski definition) is 0. The van der Waals surface area contributed by atoms with Gasteiger partial charge in [0, 0.05) is 11.8 Å². The van der Waals surface area contributed by atoms with Crippen LogP contribution in [0.4, 0.5) is 5.00 Å². The molecule has 0 amide bonds. The molecule has 0 unspecified atom stereocenters. The average Bonchev–Trinajstić information content (AvgIpc) is 2.87. The minimum absolute atomic E-state index is 0.356. The second-order valence-electron chi connectivity index (χ2n) is 6.50. The third-order valence-corrected chi connectivity index (χ3v) is 7.02. The lowest BCUT2D eigenvalue weighted by Gasteiger charge is -2.27. The molecular formula is C15H14N4O2S. The number of carbonyl (C=O) groups is 1. The van der Waals surface area contributed by atoms with Crippen LogP contribution in [0.3, 0.4) is 0 Å². The SMILES string of the molecule is COC(=O)c1sc(N2[C@@H]3[C@H]4C[C@H]([C@@H]5N=N[C@H]45)[C@@H]32)c(C#N)c1C. The third kappa shape index (κ3) is 1.24. The minimum Gasteiger partial charge on any atom is -0.465 e. The number of nitriles is 1. The fraction of sp³-hybridized carbons (Fsp3) is 0.600. The van der Waals surface area contributed by atoms with Crippen molar-refractivity contribution >= 4 is 22.3 Å². The van der Waals surface area contributed by atoms with E-state index >= 15 is 0 Å². The van der Waals surface area contributed by atoms with Crippen molar-refractivity contribution in [1.82, 2.24) is 0 Å². The Hall–Kier alpha value is -1.94. The molecule has 4 aliphatic rings. The van der Waals surface area contributed by atoms with Crippen molar-refractivity contribution in [1.29, 1.82) is 5.26 Å². The number of methoxy groups -OCH3 is 1. The van der Waals surface area contributed by atoms with E-state index in [2.05, 4.69) is 21.2 Å². The van der Waals surface area contributed by atoms with Crippen LogP contribution in [-0.4, -0.2) is 37.2 Å². The Bertz CT molecular complexity index is 755. The molecule has 3 fully saturated rings. The van der Waals surface area contributed by atoms with Crippen molar-refractivity contribution in [2.24, 2.45) is 22.1 Å². The van der Waals surface area contributed by atoms with Gasteiger partial charge in [0.05, 0.1) is 24.8 Å². The second kappa shape index (κ2) is 3.87. The number of fused-ring (bicyclic) bond motifs is 8. The van der Waals surface area contributed by atoms with E-state index in [1.54, 1.807) is 0 Å². The molecule has 6 atom stereocenters. The maximum absolute atomic E-state index is 11.9. The highest BCUT2D eigenvalue weighted by atomic mass is 32.1. The Kier molecular flexibility index (Phi) is 2.22. The molecule has 1 aromatic heterocycles. The molecule has 112 valence electrons. The molecule has 0 spiro atoms. The van der Waals surface area contributed by atoms with Crippen molar-refractivity contribution in [2.45, 2.75) is 37.5 Å². The van der Waals surface area contributed by atoms with Gasteiger partial charge < -0.3 is 9.64 Å². The molecule has 2 saturated carbocycles. The van der Waals surface area contributed by atoms with E-state index < -0.39 is 0 Å². The molecule has 0 N–H and O–H groups in total. The van der Waals surface area contributed by atoms with Crippen molar-refractivity contribution < 1.29 is 9.53 Å². The van der Waals surface area contributed by atoms with Crippen LogP contribution >= 0.6 is 11.3 Å². The smallest absolute Gasteiger partial charge is 0.348 e. The number of piperidine rings is 1. The molecule has 2 aliphatic carbocycles. The van der Waals surface area contributed by atoms with E-state index in [0.717, 1.165) is 10.6 Å². The summed E-state index contributed by atoms with van der Waals surface area (Å²) in [6.45, 7) is 1.83. The van der Waals surface area contributed by atoms with Crippen LogP contribution in [-0.2, 0) is 4.74 Å². The number of nitrogens with zero attached hydrogens (tertiary/aromatic N) is 4. The number of rotatable bonds is 2. The van der Waals surface area contributed by atoms with E-state index in [0.29, 0.717) is 46.4 Å². The van der Waals surface area contributed by atoms with Crippen LogP contribution in [0.25, 0.3) is 0 Å². The highest BCUT2D eigenvalue weighted by molar-refractivity contribution is 7.18. The van der Waals surface area contributed by atoms with Gasteiger partial charge in [-0.05, 0) is 18.9 Å². The van der Waals surface area contributed by atoms with E-state index in [-0.39, 0.29) is 5.97 Å². The Morgan fingerprint density at radius 1 is 1.36 bits per heavy atom. The molecule has 0 aromatic carbocycles. The van der Waals surface area contributed by atoms with Gasteiger partial charge in [0.25, 0.3) is 0 Å². The second-order valence-corrected chi connectivity index (χ2v) is 7.50. The Labute approximate surface area is 131 Å². The molecule has 1 aromatic rings. The van der Waals surface area contributed by atoms with E-state index in [1.807, 2.05) is 6.92 Å². The fourth-order valence-corrected chi connectivity index (χ4v) is 6.00. The first kappa shape index (κ1) is 12.6. The van der Waals surface area contributed by atoms with Crippen molar-refractivity contribution in [3.8, 4) is 6.07 Å². The molecule has 0 radical (unpaired) electrons. The number of thiophene rings is 1. The molecular weight excluding hydrogens is 300 g/mol. The van der Waals surface area contributed by atoms with Crippen LogP contribution in [0.15, 0.2) is 10.2 Å². The lowest BCUT2D eigenvalue weighted by Crippen LogP contribution is -2.39. The van der Waals surface area contributed by atoms with Crippen LogP contribution < -0.4 is 4.90 Å². The number of carbonyl (C=O) groups excluding carboxylic acids is 1. The first-order valence-corrected chi connectivity index (χ1v) is 8.29. The monoisotopic (exact) mass is 314 g/mol. The highest BCUT2D eigenvalue weighted by Gasteiger charge is 2.73. The minimum atomic E-state index is -0.356. The zero-order chi connectivity index (χ0) is 15.2. The predicted molar refractivity (Wildman–Crippen MR) is 79.2 cm³/mol. The average molecular weight is 314 g/mol. The summed E-state index contributed by atoms with van der Waals surface area (Å²) in [5.41, 5.74) is 1.37. The summed E-state index contributed by atoms with van der Waals surface area (Å²) in [7, 11) is 1.38. The number of anilines is 1. The maximum Gasteiger partial charge on any atom is 0.348 e.